The lowest BCUT2D eigenvalue weighted by atomic mass is 9.73. The minimum Gasteiger partial charge on any atom is -0.324 e. The maximum atomic E-state index is 13.0. The molecule has 2 amide bonds. The highest BCUT2D eigenvalue weighted by Crippen LogP contribution is 2.39. The smallest absolute Gasteiger partial charge is 0.321 e. The first-order valence-electron chi connectivity index (χ1n) is 10.6. The number of carbonyl (C=O) groups is 1. The van der Waals surface area contributed by atoms with Crippen LogP contribution in [0.4, 0.5) is 10.5 Å². The molecule has 0 radical (unpaired) electrons. The molecular weight excluding hydrogens is 378 g/mol. The third-order valence-electron chi connectivity index (χ3n) is 6.29. The number of benzene rings is 2. The second-order valence-electron chi connectivity index (χ2n) is 8.46. The van der Waals surface area contributed by atoms with Gasteiger partial charge in [0.1, 0.15) is 0 Å². The Morgan fingerprint density at radius 1 is 1.00 bits per heavy atom. The van der Waals surface area contributed by atoms with Gasteiger partial charge in [0.05, 0.1) is 5.69 Å². The average molecular weight is 410 g/mol. The molecule has 2 aromatic rings. The van der Waals surface area contributed by atoms with Crippen molar-refractivity contribution in [3.8, 4) is 0 Å². The lowest BCUT2D eigenvalue weighted by Crippen LogP contribution is -2.54. The summed E-state index contributed by atoms with van der Waals surface area (Å²) in [5.41, 5.74) is 2.53. The van der Waals surface area contributed by atoms with Crippen molar-refractivity contribution < 1.29 is 4.79 Å². The van der Waals surface area contributed by atoms with Crippen LogP contribution < -0.4 is 5.32 Å². The van der Waals surface area contributed by atoms with Gasteiger partial charge in [0.2, 0.25) is 0 Å². The zero-order chi connectivity index (χ0) is 20.1. The van der Waals surface area contributed by atoms with Crippen molar-refractivity contribution in [2.24, 2.45) is 5.41 Å². The molecule has 2 aromatic carbocycles. The number of likely N-dealkylation sites (tertiary alicyclic amines) is 2. The van der Waals surface area contributed by atoms with Crippen LogP contribution in [0.3, 0.4) is 0 Å². The van der Waals surface area contributed by atoms with E-state index in [-0.39, 0.29) is 11.4 Å². The molecule has 1 N–H and O–H groups in total. The highest BCUT2D eigenvalue weighted by Gasteiger charge is 2.40. The highest BCUT2D eigenvalue weighted by atomic mass is 32.2. The van der Waals surface area contributed by atoms with Crippen LogP contribution in [0.2, 0.25) is 0 Å². The summed E-state index contributed by atoms with van der Waals surface area (Å²) in [4.78, 5) is 18.8. The molecule has 0 saturated carbocycles. The molecular formula is C24H31N3OS. The predicted octanol–water partition coefficient (Wildman–Crippen LogP) is 5.32. The van der Waals surface area contributed by atoms with Crippen molar-refractivity contribution in [1.29, 1.82) is 0 Å². The number of nitrogens with zero attached hydrogens (tertiary/aromatic N) is 2. The van der Waals surface area contributed by atoms with Crippen LogP contribution in [-0.2, 0) is 6.54 Å². The summed E-state index contributed by atoms with van der Waals surface area (Å²) in [6.07, 6.45) is 6.81. The SMILES string of the molecule is CSc1ccccc1NC(=O)N1CCCC2(CCCN(Cc3ccccc3)C2)C1. The van der Waals surface area contributed by atoms with Crippen molar-refractivity contribution in [2.75, 3.05) is 37.8 Å². The van der Waals surface area contributed by atoms with Gasteiger partial charge in [-0.3, -0.25) is 4.90 Å². The van der Waals surface area contributed by atoms with Gasteiger partial charge in [-0.2, -0.15) is 0 Å². The fourth-order valence-electron chi connectivity index (χ4n) is 4.94. The molecule has 1 unspecified atom stereocenters. The highest BCUT2D eigenvalue weighted by molar-refractivity contribution is 7.98. The van der Waals surface area contributed by atoms with Crippen molar-refractivity contribution in [3.05, 3.63) is 60.2 Å². The Hall–Kier alpha value is -1.98. The number of hydrogen-bond acceptors (Lipinski definition) is 3. The van der Waals surface area contributed by atoms with Gasteiger partial charge in [-0.25, -0.2) is 4.79 Å². The molecule has 0 aromatic heterocycles. The Bertz CT molecular complexity index is 824. The summed E-state index contributed by atoms with van der Waals surface area (Å²) in [5.74, 6) is 0. The molecule has 1 atom stereocenters. The Labute approximate surface area is 178 Å². The standard InChI is InChI=1S/C24H31N3OS/c1-29-22-12-6-5-11-21(22)25-23(28)27-16-8-14-24(19-27)13-7-15-26(18-24)17-20-9-3-2-4-10-20/h2-6,9-12H,7-8,13-19H2,1H3,(H,25,28). The van der Waals surface area contributed by atoms with Crippen molar-refractivity contribution >= 4 is 23.5 Å². The zero-order valence-electron chi connectivity index (χ0n) is 17.3. The van der Waals surface area contributed by atoms with E-state index >= 15 is 0 Å². The number of rotatable bonds is 4. The number of hydrogen-bond donors (Lipinski definition) is 1. The van der Waals surface area contributed by atoms with Crippen molar-refractivity contribution in [3.63, 3.8) is 0 Å². The summed E-state index contributed by atoms with van der Waals surface area (Å²) >= 11 is 1.67. The van der Waals surface area contributed by atoms with E-state index in [0.717, 1.165) is 49.7 Å². The van der Waals surface area contributed by atoms with Crippen LogP contribution in [0.1, 0.15) is 31.2 Å². The molecule has 154 valence electrons. The fourth-order valence-corrected chi connectivity index (χ4v) is 5.50. The van der Waals surface area contributed by atoms with Gasteiger partial charge in [0.25, 0.3) is 0 Å². The fraction of sp³-hybridized carbons (Fsp3) is 0.458. The Morgan fingerprint density at radius 3 is 2.52 bits per heavy atom. The molecule has 29 heavy (non-hydrogen) atoms. The van der Waals surface area contributed by atoms with E-state index in [1.54, 1.807) is 11.8 Å². The normalized spacial score (nSPS) is 22.6. The summed E-state index contributed by atoms with van der Waals surface area (Å²) < 4.78 is 0. The van der Waals surface area contributed by atoms with E-state index in [2.05, 4.69) is 46.6 Å². The number of nitrogens with one attached hydrogen (secondary N) is 1. The van der Waals surface area contributed by atoms with Crippen molar-refractivity contribution in [2.45, 2.75) is 37.1 Å². The van der Waals surface area contributed by atoms with Crippen LogP contribution in [0.25, 0.3) is 0 Å². The first kappa shape index (κ1) is 20.3. The molecule has 4 rings (SSSR count). The van der Waals surface area contributed by atoms with E-state index in [0.29, 0.717) is 0 Å². The molecule has 0 bridgehead atoms. The van der Waals surface area contributed by atoms with Gasteiger partial charge in [-0.05, 0) is 56.2 Å². The topological polar surface area (TPSA) is 35.6 Å². The number of piperidine rings is 2. The van der Waals surface area contributed by atoms with Crippen LogP contribution >= 0.6 is 11.8 Å². The number of thioether (sulfide) groups is 1. The van der Waals surface area contributed by atoms with E-state index in [4.69, 9.17) is 0 Å². The Balaban J connectivity index is 1.41. The molecule has 5 heteroatoms. The molecule has 4 nitrogen and oxygen atoms in total. The summed E-state index contributed by atoms with van der Waals surface area (Å²) in [6, 6.07) is 18.8. The Morgan fingerprint density at radius 2 is 1.72 bits per heavy atom. The van der Waals surface area contributed by atoms with Crippen LogP contribution in [-0.4, -0.2) is 48.3 Å². The monoisotopic (exact) mass is 409 g/mol. The van der Waals surface area contributed by atoms with Crippen LogP contribution in [0, 0.1) is 5.41 Å². The van der Waals surface area contributed by atoms with Gasteiger partial charge < -0.3 is 10.2 Å². The lowest BCUT2D eigenvalue weighted by Gasteiger charge is -2.48. The van der Waals surface area contributed by atoms with Gasteiger partial charge in [0.15, 0.2) is 0 Å². The first-order chi connectivity index (χ1) is 14.2. The molecule has 2 heterocycles. The van der Waals surface area contributed by atoms with Crippen LogP contribution in [0.5, 0.6) is 0 Å². The molecule has 1 spiro atoms. The quantitative estimate of drug-likeness (QED) is 0.694. The minimum absolute atomic E-state index is 0.0470. The average Bonchev–Trinajstić information content (AvgIpc) is 2.75. The number of carbonyl (C=O) groups excluding carboxylic acids is 1. The van der Waals surface area contributed by atoms with E-state index in [9.17, 15) is 4.79 Å². The number of para-hydroxylation sites is 1. The number of amides is 2. The number of anilines is 1. The lowest BCUT2D eigenvalue weighted by molar-refractivity contribution is 0.0255. The maximum Gasteiger partial charge on any atom is 0.321 e. The summed E-state index contributed by atoms with van der Waals surface area (Å²) in [7, 11) is 0. The van der Waals surface area contributed by atoms with E-state index in [1.165, 1.54) is 24.8 Å². The summed E-state index contributed by atoms with van der Waals surface area (Å²) in [6.45, 7) is 4.98. The molecule has 2 aliphatic heterocycles. The molecule has 0 aliphatic carbocycles. The minimum atomic E-state index is 0.0470. The van der Waals surface area contributed by atoms with Gasteiger partial charge >= 0.3 is 6.03 Å². The largest absolute Gasteiger partial charge is 0.324 e. The molecule has 2 aliphatic rings. The van der Waals surface area contributed by atoms with Crippen molar-refractivity contribution in [1.82, 2.24) is 9.80 Å². The van der Waals surface area contributed by atoms with E-state index in [1.807, 2.05) is 29.4 Å². The number of urea groups is 1. The second-order valence-corrected chi connectivity index (χ2v) is 9.30. The summed E-state index contributed by atoms with van der Waals surface area (Å²) in [5, 5.41) is 3.16. The Kier molecular flexibility index (Phi) is 6.46. The third kappa shape index (κ3) is 4.96. The van der Waals surface area contributed by atoms with Gasteiger partial charge in [-0.1, -0.05) is 42.5 Å². The second kappa shape index (κ2) is 9.23. The predicted molar refractivity (Wildman–Crippen MR) is 121 cm³/mol. The first-order valence-corrected chi connectivity index (χ1v) is 11.9. The van der Waals surface area contributed by atoms with Gasteiger partial charge in [-0.15, -0.1) is 11.8 Å². The van der Waals surface area contributed by atoms with Gasteiger partial charge in [0, 0.05) is 36.5 Å². The maximum absolute atomic E-state index is 13.0. The molecule has 2 saturated heterocycles. The zero-order valence-corrected chi connectivity index (χ0v) is 18.1. The third-order valence-corrected chi connectivity index (χ3v) is 7.08. The molecule has 2 fully saturated rings. The van der Waals surface area contributed by atoms with Crippen LogP contribution in [0.15, 0.2) is 59.5 Å². The van der Waals surface area contributed by atoms with E-state index < -0.39 is 0 Å².